The summed E-state index contributed by atoms with van der Waals surface area (Å²) in [5, 5.41) is 3.59. The molecule has 22 heavy (non-hydrogen) atoms. The van der Waals surface area contributed by atoms with E-state index < -0.39 is 0 Å². The summed E-state index contributed by atoms with van der Waals surface area (Å²) in [5.41, 5.74) is 9.83. The third kappa shape index (κ3) is 4.16. The Hall–Kier alpha value is -1.22. The molecule has 1 aliphatic heterocycles. The topological polar surface area (TPSA) is 41.3 Å². The highest BCUT2D eigenvalue weighted by molar-refractivity contribution is 5.58. The molecule has 2 aliphatic rings. The fourth-order valence-corrected chi connectivity index (χ4v) is 3.99. The predicted molar refractivity (Wildman–Crippen MR) is 95.5 cm³/mol. The van der Waals surface area contributed by atoms with Crippen LogP contribution in [0.1, 0.15) is 62.8 Å². The summed E-state index contributed by atoms with van der Waals surface area (Å²) in [4.78, 5) is 2.58. The van der Waals surface area contributed by atoms with E-state index in [-0.39, 0.29) is 0 Å². The molecule has 1 saturated carbocycles. The van der Waals surface area contributed by atoms with E-state index in [1.54, 1.807) is 0 Å². The Morgan fingerprint density at radius 1 is 1.05 bits per heavy atom. The van der Waals surface area contributed by atoms with Crippen molar-refractivity contribution in [3.8, 4) is 0 Å². The van der Waals surface area contributed by atoms with Gasteiger partial charge in [0.2, 0.25) is 0 Å². The molecule has 122 valence electrons. The Morgan fingerprint density at radius 3 is 2.59 bits per heavy atom. The monoisotopic (exact) mass is 301 g/mol. The summed E-state index contributed by atoms with van der Waals surface area (Å²) < 4.78 is 0. The van der Waals surface area contributed by atoms with Gasteiger partial charge in [0.25, 0.3) is 0 Å². The lowest BCUT2D eigenvalue weighted by Crippen LogP contribution is -2.22. The summed E-state index contributed by atoms with van der Waals surface area (Å²) in [7, 11) is 0. The largest absolute Gasteiger partial charge is 0.398 e. The lowest BCUT2D eigenvalue weighted by Gasteiger charge is -2.24. The zero-order valence-corrected chi connectivity index (χ0v) is 13.8. The summed E-state index contributed by atoms with van der Waals surface area (Å²) in [6.07, 6.45) is 10.7. The number of rotatable bonds is 6. The molecular weight excluding hydrogens is 270 g/mol. The van der Waals surface area contributed by atoms with E-state index in [0.717, 1.165) is 12.2 Å². The molecular formula is C19H31N3. The molecule has 3 heteroatoms. The fraction of sp³-hybridized carbons (Fsp3) is 0.684. The number of hydrogen-bond donors (Lipinski definition) is 2. The second-order valence-corrected chi connectivity index (χ2v) is 7.01. The second kappa shape index (κ2) is 7.87. The predicted octanol–water partition coefficient (Wildman–Crippen LogP) is 4.21. The molecule has 2 fully saturated rings. The second-order valence-electron chi connectivity index (χ2n) is 7.01. The molecule has 1 aromatic carbocycles. The van der Waals surface area contributed by atoms with Crippen molar-refractivity contribution < 1.29 is 0 Å². The number of benzene rings is 1. The van der Waals surface area contributed by atoms with Crippen molar-refractivity contribution in [3.05, 3.63) is 23.8 Å². The lowest BCUT2D eigenvalue weighted by atomic mass is 9.83. The molecule has 1 saturated heterocycles. The van der Waals surface area contributed by atoms with Crippen molar-refractivity contribution in [3.63, 3.8) is 0 Å². The van der Waals surface area contributed by atoms with Crippen LogP contribution in [0, 0.1) is 0 Å². The third-order valence-electron chi connectivity index (χ3n) is 5.31. The number of hydrogen-bond acceptors (Lipinski definition) is 3. The summed E-state index contributed by atoms with van der Waals surface area (Å²) in [5.74, 6) is 0.681. The number of nitrogens with two attached hydrogens (primary N) is 1. The number of likely N-dealkylation sites (tertiary alicyclic amines) is 1. The molecule has 3 rings (SSSR count). The molecule has 0 unspecified atom stereocenters. The van der Waals surface area contributed by atoms with Crippen molar-refractivity contribution >= 4 is 11.4 Å². The van der Waals surface area contributed by atoms with E-state index in [4.69, 9.17) is 5.73 Å². The molecule has 0 bridgehead atoms. The van der Waals surface area contributed by atoms with Gasteiger partial charge in [-0.05, 0) is 81.4 Å². The number of anilines is 2. The van der Waals surface area contributed by atoms with Crippen molar-refractivity contribution in [2.24, 2.45) is 0 Å². The maximum atomic E-state index is 6.22. The van der Waals surface area contributed by atoms with Gasteiger partial charge in [-0.15, -0.1) is 0 Å². The average molecular weight is 301 g/mol. The molecule has 0 radical (unpaired) electrons. The van der Waals surface area contributed by atoms with E-state index in [1.807, 2.05) is 0 Å². The van der Waals surface area contributed by atoms with Gasteiger partial charge in [0.15, 0.2) is 0 Å². The number of nitrogen functional groups attached to an aromatic ring is 1. The Labute approximate surface area is 135 Å². The van der Waals surface area contributed by atoms with E-state index in [1.165, 1.54) is 82.3 Å². The Morgan fingerprint density at radius 2 is 1.82 bits per heavy atom. The molecule has 0 spiro atoms. The van der Waals surface area contributed by atoms with E-state index >= 15 is 0 Å². The molecule has 3 N–H and O–H groups in total. The minimum absolute atomic E-state index is 0.681. The minimum Gasteiger partial charge on any atom is -0.398 e. The highest BCUT2D eigenvalue weighted by Gasteiger charge is 2.18. The van der Waals surface area contributed by atoms with Gasteiger partial charge in [-0.2, -0.15) is 0 Å². The smallest absolute Gasteiger partial charge is 0.0350 e. The average Bonchev–Trinajstić information content (AvgIpc) is 3.07. The quantitative estimate of drug-likeness (QED) is 0.611. The van der Waals surface area contributed by atoms with Crippen LogP contribution in [0.2, 0.25) is 0 Å². The van der Waals surface area contributed by atoms with Crippen LogP contribution < -0.4 is 11.1 Å². The normalized spacial score (nSPS) is 20.4. The van der Waals surface area contributed by atoms with Gasteiger partial charge in [0.05, 0.1) is 0 Å². The number of nitrogens with zero attached hydrogens (tertiary/aromatic N) is 1. The summed E-state index contributed by atoms with van der Waals surface area (Å²) >= 11 is 0. The molecule has 1 heterocycles. The van der Waals surface area contributed by atoms with Gasteiger partial charge < -0.3 is 16.0 Å². The fourth-order valence-electron chi connectivity index (χ4n) is 3.99. The van der Waals surface area contributed by atoms with Crippen LogP contribution in [-0.4, -0.2) is 31.1 Å². The Bertz CT molecular complexity index is 460. The van der Waals surface area contributed by atoms with Crippen LogP contribution in [0.5, 0.6) is 0 Å². The zero-order chi connectivity index (χ0) is 15.2. The van der Waals surface area contributed by atoms with Gasteiger partial charge in [-0.25, -0.2) is 0 Å². The van der Waals surface area contributed by atoms with Crippen LogP contribution >= 0.6 is 0 Å². The third-order valence-corrected chi connectivity index (χ3v) is 5.31. The minimum atomic E-state index is 0.681. The summed E-state index contributed by atoms with van der Waals surface area (Å²) in [6.45, 7) is 4.89. The van der Waals surface area contributed by atoms with Crippen LogP contribution in [0.3, 0.4) is 0 Å². The highest BCUT2D eigenvalue weighted by atomic mass is 15.1. The lowest BCUT2D eigenvalue weighted by molar-refractivity contribution is 0.337. The van der Waals surface area contributed by atoms with Gasteiger partial charge in [-0.1, -0.05) is 19.3 Å². The van der Waals surface area contributed by atoms with Gasteiger partial charge in [0, 0.05) is 17.9 Å². The van der Waals surface area contributed by atoms with Crippen molar-refractivity contribution in [1.82, 2.24) is 4.90 Å². The zero-order valence-electron chi connectivity index (χ0n) is 13.8. The first-order chi connectivity index (χ1) is 10.8. The molecule has 0 atom stereocenters. The van der Waals surface area contributed by atoms with Gasteiger partial charge in [-0.3, -0.25) is 0 Å². The van der Waals surface area contributed by atoms with Crippen LogP contribution in [0.4, 0.5) is 11.4 Å². The van der Waals surface area contributed by atoms with Gasteiger partial charge in [0.1, 0.15) is 0 Å². The van der Waals surface area contributed by atoms with E-state index in [0.29, 0.717) is 5.92 Å². The van der Waals surface area contributed by atoms with Crippen LogP contribution in [0.15, 0.2) is 18.2 Å². The molecule has 3 nitrogen and oxygen atoms in total. The molecule has 1 aliphatic carbocycles. The van der Waals surface area contributed by atoms with E-state index in [2.05, 4.69) is 28.4 Å². The summed E-state index contributed by atoms with van der Waals surface area (Å²) in [6, 6.07) is 6.53. The highest BCUT2D eigenvalue weighted by Crippen LogP contribution is 2.36. The van der Waals surface area contributed by atoms with Crippen molar-refractivity contribution in [2.75, 3.05) is 37.2 Å². The number of nitrogens with one attached hydrogen (secondary N) is 1. The first-order valence-electron chi connectivity index (χ1n) is 9.18. The first-order valence-corrected chi connectivity index (χ1v) is 9.18. The van der Waals surface area contributed by atoms with Crippen LogP contribution in [-0.2, 0) is 0 Å². The van der Waals surface area contributed by atoms with E-state index in [9.17, 15) is 0 Å². The van der Waals surface area contributed by atoms with Crippen molar-refractivity contribution in [2.45, 2.75) is 57.3 Å². The molecule has 0 aromatic heterocycles. The Balaban J connectivity index is 1.50. The standard InChI is InChI=1S/C19H31N3/c20-19-10-9-17(15-18(19)16-7-2-1-3-8-16)21-11-6-14-22-12-4-5-13-22/h9-10,15-16,21H,1-8,11-14,20H2. The van der Waals surface area contributed by atoms with Crippen LogP contribution in [0.25, 0.3) is 0 Å². The molecule has 0 amide bonds. The maximum Gasteiger partial charge on any atom is 0.0350 e. The maximum absolute atomic E-state index is 6.22. The SMILES string of the molecule is Nc1ccc(NCCCN2CCCC2)cc1C1CCCCC1. The first kappa shape index (κ1) is 15.7. The molecule has 1 aromatic rings. The van der Waals surface area contributed by atoms with Crippen molar-refractivity contribution in [1.29, 1.82) is 0 Å². The Kier molecular flexibility index (Phi) is 5.60. The van der Waals surface area contributed by atoms with Gasteiger partial charge >= 0.3 is 0 Å².